The molecule has 2 nitrogen and oxygen atoms in total. The average Bonchev–Trinajstić information content (AvgIpc) is 2.37. The van der Waals surface area contributed by atoms with E-state index in [-0.39, 0.29) is 0 Å². The number of rotatable bonds is 4. The van der Waals surface area contributed by atoms with E-state index in [4.69, 9.17) is 5.73 Å². The molecule has 0 heterocycles. The minimum absolute atomic E-state index is 0.546. The molecule has 3 N–H and O–H groups in total. The number of benzene rings is 2. The summed E-state index contributed by atoms with van der Waals surface area (Å²) in [6.45, 7) is 0. The SMILES string of the molecule is Nc1ccccc1C(O)CSc1cccc(Br)c1. The molecule has 4 heteroatoms. The van der Waals surface area contributed by atoms with Gasteiger partial charge in [0.15, 0.2) is 0 Å². The third kappa shape index (κ3) is 3.51. The topological polar surface area (TPSA) is 46.2 Å². The lowest BCUT2D eigenvalue weighted by Gasteiger charge is -2.13. The Bertz CT molecular complexity index is 533. The highest BCUT2D eigenvalue weighted by Gasteiger charge is 2.10. The predicted molar refractivity (Wildman–Crippen MR) is 80.7 cm³/mol. The molecule has 0 radical (unpaired) electrons. The molecule has 0 fully saturated rings. The van der Waals surface area contributed by atoms with E-state index in [1.54, 1.807) is 11.8 Å². The van der Waals surface area contributed by atoms with Crippen LogP contribution < -0.4 is 5.73 Å². The van der Waals surface area contributed by atoms with Crippen LogP contribution in [0, 0.1) is 0 Å². The second-order valence-corrected chi connectivity index (χ2v) is 5.92. The molecule has 0 aliphatic carbocycles. The number of aliphatic hydroxyl groups is 1. The monoisotopic (exact) mass is 323 g/mol. The number of nitrogens with two attached hydrogens (primary N) is 1. The lowest BCUT2D eigenvalue weighted by Crippen LogP contribution is -2.04. The minimum atomic E-state index is -0.546. The van der Waals surface area contributed by atoms with Gasteiger partial charge in [0.05, 0.1) is 6.10 Å². The number of hydrogen-bond donors (Lipinski definition) is 2. The van der Waals surface area contributed by atoms with E-state index in [0.29, 0.717) is 11.4 Å². The van der Waals surface area contributed by atoms with Crippen molar-refractivity contribution in [2.45, 2.75) is 11.0 Å². The summed E-state index contributed by atoms with van der Waals surface area (Å²) < 4.78 is 1.04. The summed E-state index contributed by atoms with van der Waals surface area (Å²) in [5.41, 5.74) is 7.27. The van der Waals surface area contributed by atoms with Crippen molar-refractivity contribution in [3.05, 3.63) is 58.6 Å². The van der Waals surface area contributed by atoms with Crippen LogP contribution >= 0.6 is 27.7 Å². The standard InChI is InChI=1S/C14H14BrNOS/c15-10-4-3-5-11(8-10)18-9-14(17)12-6-1-2-7-13(12)16/h1-8,14,17H,9,16H2. The molecule has 2 aromatic carbocycles. The Kier molecular flexibility index (Phi) is 4.69. The van der Waals surface area contributed by atoms with Crippen LogP contribution in [0.3, 0.4) is 0 Å². The van der Waals surface area contributed by atoms with Gasteiger partial charge in [-0.3, -0.25) is 0 Å². The Hall–Kier alpha value is -0.970. The summed E-state index contributed by atoms with van der Waals surface area (Å²) in [4.78, 5) is 1.12. The fourth-order valence-corrected chi connectivity index (χ4v) is 3.10. The number of para-hydroxylation sites is 1. The lowest BCUT2D eigenvalue weighted by atomic mass is 10.1. The molecule has 0 aliphatic rings. The van der Waals surface area contributed by atoms with Gasteiger partial charge in [0, 0.05) is 26.4 Å². The van der Waals surface area contributed by atoms with Crippen molar-refractivity contribution in [2.24, 2.45) is 0 Å². The number of hydrogen-bond acceptors (Lipinski definition) is 3. The molecule has 2 rings (SSSR count). The second-order valence-electron chi connectivity index (χ2n) is 3.91. The van der Waals surface area contributed by atoms with Crippen LogP contribution in [0.2, 0.25) is 0 Å². The highest BCUT2D eigenvalue weighted by atomic mass is 79.9. The first kappa shape index (κ1) is 13.5. The Morgan fingerprint density at radius 2 is 1.94 bits per heavy atom. The molecule has 94 valence electrons. The van der Waals surface area contributed by atoms with E-state index >= 15 is 0 Å². The van der Waals surface area contributed by atoms with Gasteiger partial charge in [-0.15, -0.1) is 11.8 Å². The molecule has 1 atom stereocenters. The van der Waals surface area contributed by atoms with Crippen molar-refractivity contribution in [2.75, 3.05) is 11.5 Å². The number of anilines is 1. The van der Waals surface area contributed by atoms with E-state index in [0.717, 1.165) is 14.9 Å². The van der Waals surface area contributed by atoms with Gasteiger partial charge in [-0.1, -0.05) is 40.2 Å². The zero-order chi connectivity index (χ0) is 13.0. The Labute approximate surface area is 119 Å². The van der Waals surface area contributed by atoms with Crippen LogP contribution in [0.5, 0.6) is 0 Å². The smallest absolute Gasteiger partial charge is 0.0903 e. The highest BCUT2D eigenvalue weighted by Crippen LogP contribution is 2.28. The largest absolute Gasteiger partial charge is 0.398 e. The molecule has 0 saturated carbocycles. The normalized spacial score (nSPS) is 12.3. The molecular formula is C14H14BrNOS. The zero-order valence-corrected chi connectivity index (χ0v) is 12.1. The molecule has 2 aromatic rings. The second kappa shape index (κ2) is 6.27. The molecule has 0 bridgehead atoms. The van der Waals surface area contributed by atoms with Crippen molar-refractivity contribution in [1.82, 2.24) is 0 Å². The van der Waals surface area contributed by atoms with E-state index < -0.39 is 6.10 Å². The van der Waals surface area contributed by atoms with Gasteiger partial charge in [0.25, 0.3) is 0 Å². The molecule has 0 spiro atoms. The maximum atomic E-state index is 10.1. The Morgan fingerprint density at radius 1 is 1.17 bits per heavy atom. The van der Waals surface area contributed by atoms with Crippen molar-refractivity contribution < 1.29 is 5.11 Å². The number of halogens is 1. The first-order valence-electron chi connectivity index (χ1n) is 5.57. The number of thioether (sulfide) groups is 1. The van der Waals surface area contributed by atoms with Gasteiger partial charge < -0.3 is 10.8 Å². The van der Waals surface area contributed by atoms with Crippen molar-refractivity contribution >= 4 is 33.4 Å². The van der Waals surface area contributed by atoms with Gasteiger partial charge in [0.1, 0.15) is 0 Å². The van der Waals surface area contributed by atoms with Crippen LogP contribution in [0.25, 0.3) is 0 Å². The maximum Gasteiger partial charge on any atom is 0.0903 e. The summed E-state index contributed by atoms with van der Waals surface area (Å²) in [5, 5.41) is 10.1. The van der Waals surface area contributed by atoms with Gasteiger partial charge in [0.2, 0.25) is 0 Å². The third-order valence-electron chi connectivity index (χ3n) is 2.56. The summed E-state index contributed by atoms with van der Waals surface area (Å²) >= 11 is 5.04. The van der Waals surface area contributed by atoms with Crippen molar-refractivity contribution in [3.63, 3.8) is 0 Å². The first-order chi connectivity index (χ1) is 8.66. The van der Waals surface area contributed by atoms with Gasteiger partial charge in [-0.25, -0.2) is 0 Å². The molecular weight excluding hydrogens is 310 g/mol. The molecule has 1 unspecified atom stereocenters. The zero-order valence-electron chi connectivity index (χ0n) is 9.71. The fraction of sp³-hybridized carbons (Fsp3) is 0.143. The van der Waals surface area contributed by atoms with Gasteiger partial charge in [-0.2, -0.15) is 0 Å². The van der Waals surface area contributed by atoms with Crippen molar-refractivity contribution in [3.8, 4) is 0 Å². The molecule has 18 heavy (non-hydrogen) atoms. The van der Waals surface area contributed by atoms with Gasteiger partial charge in [-0.05, 0) is 24.3 Å². The minimum Gasteiger partial charge on any atom is -0.398 e. The van der Waals surface area contributed by atoms with E-state index in [2.05, 4.69) is 15.9 Å². The van der Waals surface area contributed by atoms with E-state index in [1.165, 1.54) is 0 Å². The van der Waals surface area contributed by atoms with E-state index in [1.807, 2.05) is 48.5 Å². The summed E-state index contributed by atoms with van der Waals surface area (Å²) in [6.07, 6.45) is -0.546. The molecule has 0 saturated heterocycles. The molecule has 0 aliphatic heterocycles. The van der Waals surface area contributed by atoms with Gasteiger partial charge >= 0.3 is 0 Å². The lowest BCUT2D eigenvalue weighted by molar-refractivity contribution is 0.205. The van der Waals surface area contributed by atoms with Crippen LogP contribution in [0.4, 0.5) is 5.69 Å². The molecule has 0 amide bonds. The summed E-state index contributed by atoms with van der Waals surface area (Å²) in [5.74, 6) is 0.588. The third-order valence-corrected chi connectivity index (χ3v) is 4.12. The van der Waals surface area contributed by atoms with Crippen LogP contribution in [0.1, 0.15) is 11.7 Å². The predicted octanol–water partition coefficient (Wildman–Crippen LogP) is 3.86. The summed E-state index contributed by atoms with van der Waals surface area (Å²) in [7, 11) is 0. The quantitative estimate of drug-likeness (QED) is 0.663. The Balaban J connectivity index is 2.00. The first-order valence-corrected chi connectivity index (χ1v) is 7.35. The number of aliphatic hydroxyl groups excluding tert-OH is 1. The highest BCUT2D eigenvalue weighted by molar-refractivity contribution is 9.10. The van der Waals surface area contributed by atoms with Crippen LogP contribution in [-0.4, -0.2) is 10.9 Å². The van der Waals surface area contributed by atoms with Crippen LogP contribution in [0.15, 0.2) is 57.9 Å². The Morgan fingerprint density at radius 3 is 2.67 bits per heavy atom. The van der Waals surface area contributed by atoms with Crippen molar-refractivity contribution in [1.29, 1.82) is 0 Å². The van der Waals surface area contributed by atoms with E-state index in [9.17, 15) is 5.11 Å². The maximum absolute atomic E-state index is 10.1. The molecule has 0 aromatic heterocycles. The summed E-state index contributed by atoms with van der Waals surface area (Å²) in [6, 6.07) is 15.4. The van der Waals surface area contributed by atoms with Crippen LogP contribution in [-0.2, 0) is 0 Å². The average molecular weight is 324 g/mol. The number of nitrogen functional groups attached to an aromatic ring is 1. The fourth-order valence-electron chi connectivity index (χ4n) is 1.64.